The predicted molar refractivity (Wildman–Crippen MR) is 220 cm³/mol. The van der Waals surface area contributed by atoms with E-state index in [-0.39, 0.29) is 0 Å². The van der Waals surface area contributed by atoms with Crippen molar-refractivity contribution in [3.8, 4) is 33.7 Å². The SMILES string of the molecule is c1ccc(-c2ccc(N(c3ccc(-c4cccc5nc(-c6cccc7oc8ccccc8c67)oc45)cc3)c3ccc4oc5ccccc5c4c3)cc2)cc1. The number of oxazole rings is 1. The number of furan rings is 2. The fraction of sp³-hybridized carbons (Fsp3) is 0. The molecule has 0 amide bonds. The molecule has 8 aromatic carbocycles. The molecule has 0 atom stereocenters. The number of nitrogens with zero attached hydrogens (tertiary/aromatic N) is 2. The standard InChI is InChI=1S/C49H30N2O3/c1-2-10-31(11-3-1)32-20-24-34(25-21-32)51(36-28-29-45-41(30-36)38-12-4-6-17-43(38)52-45)35-26-22-33(23-27-35)37-14-8-16-42-48(37)54-49(50-42)40-15-9-19-46-47(40)39-13-5-7-18-44(39)53-46/h1-30H. The van der Waals surface area contributed by atoms with Gasteiger partial charge in [0.2, 0.25) is 5.89 Å². The maximum atomic E-state index is 6.63. The molecule has 0 N–H and O–H groups in total. The van der Waals surface area contributed by atoms with Crippen LogP contribution in [0.3, 0.4) is 0 Å². The van der Waals surface area contributed by atoms with Gasteiger partial charge in [0.05, 0.1) is 0 Å². The Labute approximate surface area is 309 Å². The molecule has 0 bridgehead atoms. The average molecular weight is 695 g/mol. The van der Waals surface area contributed by atoms with Crippen molar-refractivity contribution in [2.24, 2.45) is 0 Å². The summed E-state index contributed by atoms with van der Waals surface area (Å²) in [6, 6.07) is 62.8. The topological polar surface area (TPSA) is 55.6 Å². The highest BCUT2D eigenvalue weighted by molar-refractivity contribution is 6.12. The van der Waals surface area contributed by atoms with Crippen LogP contribution in [0, 0.1) is 0 Å². The van der Waals surface area contributed by atoms with Crippen LogP contribution in [0.25, 0.3) is 88.7 Å². The van der Waals surface area contributed by atoms with Gasteiger partial charge in [-0.25, -0.2) is 4.98 Å². The highest BCUT2D eigenvalue weighted by atomic mass is 16.4. The molecule has 254 valence electrons. The quantitative estimate of drug-likeness (QED) is 0.173. The van der Waals surface area contributed by atoms with E-state index in [1.807, 2.05) is 66.7 Å². The highest BCUT2D eigenvalue weighted by Crippen LogP contribution is 2.42. The lowest BCUT2D eigenvalue weighted by atomic mass is 10.0. The summed E-state index contributed by atoms with van der Waals surface area (Å²) in [6.07, 6.45) is 0. The highest BCUT2D eigenvalue weighted by Gasteiger charge is 2.20. The lowest BCUT2D eigenvalue weighted by Gasteiger charge is -2.26. The number of hydrogen-bond donors (Lipinski definition) is 0. The van der Waals surface area contributed by atoms with Crippen LogP contribution >= 0.6 is 0 Å². The van der Waals surface area contributed by atoms with Crippen LogP contribution in [-0.2, 0) is 0 Å². The van der Waals surface area contributed by atoms with Crippen LogP contribution in [0.4, 0.5) is 17.1 Å². The number of rotatable bonds is 6. The summed E-state index contributed by atoms with van der Waals surface area (Å²) in [4.78, 5) is 7.27. The second-order valence-corrected chi connectivity index (χ2v) is 13.5. The molecular weight excluding hydrogens is 665 g/mol. The molecule has 5 heteroatoms. The van der Waals surface area contributed by atoms with Crippen molar-refractivity contribution in [1.82, 2.24) is 4.98 Å². The molecule has 54 heavy (non-hydrogen) atoms. The minimum atomic E-state index is 0.568. The van der Waals surface area contributed by atoms with Gasteiger partial charge in [-0.05, 0) is 89.5 Å². The monoisotopic (exact) mass is 694 g/mol. The molecule has 0 aliphatic rings. The van der Waals surface area contributed by atoms with Crippen molar-refractivity contribution in [2.75, 3.05) is 4.90 Å². The Morgan fingerprint density at radius 1 is 0.370 bits per heavy atom. The molecule has 3 aromatic heterocycles. The first-order valence-corrected chi connectivity index (χ1v) is 18.0. The summed E-state index contributed by atoms with van der Waals surface area (Å²) in [6.45, 7) is 0. The van der Waals surface area contributed by atoms with E-state index in [4.69, 9.17) is 18.2 Å². The van der Waals surface area contributed by atoms with Crippen LogP contribution < -0.4 is 4.90 Å². The van der Waals surface area contributed by atoms with Crippen molar-refractivity contribution < 1.29 is 13.3 Å². The first kappa shape index (κ1) is 30.3. The van der Waals surface area contributed by atoms with Crippen LogP contribution in [0.15, 0.2) is 195 Å². The second kappa shape index (κ2) is 12.1. The average Bonchev–Trinajstić information content (AvgIpc) is 3.95. The van der Waals surface area contributed by atoms with E-state index in [1.165, 1.54) is 11.1 Å². The maximum absolute atomic E-state index is 6.63. The van der Waals surface area contributed by atoms with Crippen LogP contribution in [0.1, 0.15) is 0 Å². The van der Waals surface area contributed by atoms with Gasteiger partial charge in [-0.15, -0.1) is 0 Å². The smallest absolute Gasteiger partial charge is 0.228 e. The number of benzene rings is 8. The zero-order valence-corrected chi connectivity index (χ0v) is 28.9. The van der Waals surface area contributed by atoms with Gasteiger partial charge in [0.15, 0.2) is 5.58 Å². The number of para-hydroxylation sites is 3. The van der Waals surface area contributed by atoms with Crippen molar-refractivity contribution in [1.29, 1.82) is 0 Å². The van der Waals surface area contributed by atoms with E-state index in [1.54, 1.807) is 0 Å². The summed E-state index contributed by atoms with van der Waals surface area (Å²) >= 11 is 0. The minimum Gasteiger partial charge on any atom is -0.456 e. The molecule has 5 nitrogen and oxygen atoms in total. The van der Waals surface area contributed by atoms with Gasteiger partial charge in [-0.1, -0.05) is 109 Å². The van der Waals surface area contributed by atoms with E-state index >= 15 is 0 Å². The van der Waals surface area contributed by atoms with Crippen LogP contribution in [0.2, 0.25) is 0 Å². The zero-order valence-electron chi connectivity index (χ0n) is 28.9. The molecule has 0 saturated carbocycles. The lowest BCUT2D eigenvalue weighted by Crippen LogP contribution is -2.09. The zero-order chi connectivity index (χ0) is 35.6. The Balaban J connectivity index is 1.01. The largest absolute Gasteiger partial charge is 0.456 e. The van der Waals surface area contributed by atoms with E-state index in [0.717, 1.165) is 88.7 Å². The minimum absolute atomic E-state index is 0.568. The lowest BCUT2D eigenvalue weighted by molar-refractivity contribution is 0.621. The predicted octanol–water partition coefficient (Wildman–Crippen LogP) is 14.1. The number of aromatic nitrogens is 1. The molecule has 11 rings (SSSR count). The van der Waals surface area contributed by atoms with Gasteiger partial charge in [0, 0.05) is 49.7 Å². The molecule has 0 fully saturated rings. The van der Waals surface area contributed by atoms with Crippen molar-refractivity contribution in [2.45, 2.75) is 0 Å². The Morgan fingerprint density at radius 2 is 0.944 bits per heavy atom. The third-order valence-electron chi connectivity index (χ3n) is 10.3. The second-order valence-electron chi connectivity index (χ2n) is 13.5. The first-order chi connectivity index (χ1) is 26.7. The molecule has 0 unspecified atom stereocenters. The van der Waals surface area contributed by atoms with Gasteiger partial charge in [0.1, 0.15) is 27.8 Å². The number of anilines is 3. The number of fused-ring (bicyclic) bond motifs is 7. The van der Waals surface area contributed by atoms with Gasteiger partial charge in [0.25, 0.3) is 0 Å². The molecule has 3 heterocycles. The molecule has 0 saturated heterocycles. The molecular formula is C49H30N2O3. The van der Waals surface area contributed by atoms with E-state index in [0.29, 0.717) is 5.89 Å². The molecule has 11 aromatic rings. The van der Waals surface area contributed by atoms with Crippen molar-refractivity contribution in [3.05, 3.63) is 182 Å². The van der Waals surface area contributed by atoms with E-state index < -0.39 is 0 Å². The molecule has 0 aliphatic heterocycles. The summed E-state index contributed by atoms with van der Waals surface area (Å²) in [7, 11) is 0. The van der Waals surface area contributed by atoms with Gasteiger partial charge in [-0.2, -0.15) is 0 Å². The Hall–Kier alpha value is -7.37. The Bertz CT molecular complexity index is 3150. The van der Waals surface area contributed by atoms with Gasteiger partial charge < -0.3 is 18.2 Å². The first-order valence-electron chi connectivity index (χ1n) is 18.0. The Morgan fingerprint density at radius 3 is 1.74 bits per heavy atom. The summed E-state index contributed by atoms with van der Waals surface area (Å²) in [5.41, 5.74) is 13.4. The summed E-state index contributed by atoms with van der Waals surface area (Å²) in [5.74, 6) is 0.568. The summed E-state index contributed by atoms with van der Waals surface area (Å²) in [5, 5.41) is 4.22. The third kappa shape index (κ3) is 4.90. The third-order valence-corrected chi connectivity index (χ3v) is 10.3. The van der Waals surface area contributed by atoms with Crippen LogP contribution in [-0.4, -0.2) is 4.98 Å². The molecule has 0 aliphatic carbocycles. The van der Waals surface area contributed by atoms with Gasteiger partial charge >= 0.3 is 0 Å². The van der Waals surface area contributed by atoms with Gasteiger partial charge in [-0.3, -0.25) is 0 Å². The van der Waals surface area contributed by atoms with Crippen molar-refractivity contribution >= 4 is 72.0 Å². The number of hydrogen-bond acceptors (Lipinski definition) is 5. The fourth-order valence-corrected chi connectivity index (χ4v) is 7.77. The van der Waals surface area contributed by atoms with Crippen LogP contribution in [0.5, 0.6) is 0 Å². The summed E-state index contributed by atoms with van der Waals surface area (Å²) < 4.78 is 19.0. The van der Waals surface area contributed by atoms with E-state index in [2.05, 4.69) is 120 Å². The normalized spacial score (nSPS) is 11.7. The molecule has 0 radical (unpaired) electrons. The van der Waals surface area contributed by atoms with Crippen molar-refractivity contribution in [3.63, 3.8) is 0 Å². The maximum Gasteiger partial charge on any atom is 0.228 e. The Kier molecular flexibility index (Phi) is 6.79. The van der Waals surface area contributed by atoms with E-state index in [9.17, 15) is 0 Å². The molecule has 0 spiro atoms. The fourth-order valence-electron chi connectivity index (χ4n) is 7.77.